The Balaban J connectivity index is 0. The number of hydrogen-bond donors (Lipinski definition) is 0. The van der Waals surface area contributed by atoms with Crippen LogP contribution in [0.5, 0.6) is 0 Å². The average molecular weight is 503 g/mol. The van der Waals surface area contributed by atoms with Crippen LogP contribution in [-0.4, -0.2) is 51.5 Å². The van der Waals surface area contributed by atoms with Gasteiger partial charge in [-0.3, -0.25) is 0 Å². The fourth-order valence-electron chi connectivity index (χ4n) is 1.14. The smallest absolute Gasteiger partial charge is 0.429 e. The van der Waals surface area contributed by atoms with Crippen LogP contribution in [-0.2, 0) is 20.0 Å². The second-order valence-corrected chi connectivity index (χ2v) is 7.83. The van der Waals surface area contributed by atoms with Crippen molar-refractivity contribution in [3.05, 3.63) is 4.13 Å². The van der Waals surface area contributed by atoms with E-state index >= 15 is 0 Å². The Morgan fingerprint density at radius 3 is 0.679 bits per heavy atom. The summed E-state index contributed by atoms with van der Waals surface area (Å²) in [7, 11) is -17.0. The summed E-state index contributed by atoms with van der Waals surface area (Å²) in [5, 5.41) is -15.6. The third kappa shape index (κ3) is 4.47. The first-order chi connectivity index (χ1) is 11.2. The predicted octanol–water partition coefficient (Wildman–Crippen LogP) is 0.605. The molecule has 0 fully saturated rings. The first-order valence-corrected chi connectivity index (χ1v) is 7.97. The fourth-order valence-corrected chi connectivity index (χ4v) is 4.16. The molecule has 0 atom stereocenters. The summed E-state index contributed by atoms with van der Waals surface area (Å²) in [6, 6.07) is 0. The van der Waals surface area contributed by atoms with E-state index in [1.807, 2.05) is 0 Å². The molecule has 0 heterocycles. The van der Waals surface area contributed by atoms with Crippen LogP contribution in [0.4, 0.5) is 61.5 Å². The van der Waals surface area contributed by atoms with Crippen molar-refractivity contribution in [3.8, 4) is 0 Å². The molecule has 0 aromatic rings. The maximum absolute atomic E-state index is 13.2. The molecule has 0 spiro atoms. The normalized spacial score (nSPS) is 15.9. The Morgan fingerprint density at radius 2 is 0.571 bits per heavy atom. The van der Waals surface area contributed by atoms with Gasteiger partial charge in [0.1, 0.15) is 20.0 Å². The molecule has 0 aliphatic rings. The van der Waals surface area contributed by atoms with E-state index in [2.05, 4.69) is 0 Å². The van der Waals surface area contributed by atoms with Crippen molar-refractivity contribution in [1.82, 2.24) is 0 Å². The van der Waals surface area contributed by atoms with E-state index in [0.29, 0.717) is 0 Å². The summed E-state index contributed by atoms with van der Waals surface area (Å²) in [6.07, 6.45) is -30.8. The van der Waals surface area contributed by atoms with E-state index in [-0.39, 0.29) is 33.7 Å². The van der Waals surface area contributed by atoms with Crippen LogP contribution in [0.3, 0.4) is 0 Å². The van der Waals surface area contributed by atoms with Crippen LogP contribution in [0.2, 0.25) is 0 Å². The predicted molar refractivity (Wildman–Crippen MR) is 53.1 cm³/mol. The van der Waals surface area contributed by atoms with Crippen LogP contribution in [0.15, 0.2) is 0 Å². The zero-order valence-corrected chi connectivity index (χ0v) is 15.8. The number of hydrogen-bond acceptors (Lipinski definition) is 4. The maximum Gasteiger partial charge on any atom is 1.00 e. The van der Waals surface area contributed by atoms with E-state index in [1.165, 1.54) is 0 Å². The molecule has 0 aromatic carbocycles. The third-order valence-corrected chi connectivity index (χ3v) is 6.28. The van der Waals surface area contributed by atoms with Gasteiger partial charge in [-0.05, 0) is 0 Å². The summed E-state index contributed by atoms with van der Waals surface area (Å²) >= 11 is 0. The Hall–Kier alpha value is -0.120. The monoisotopic (exact) mass is 503 g/mol. The van der Waals surface area contributed by atoms with Crippen LogP contribution in [0.25, 0.3) is 4.13 Å². The molecule has 0 unspecified atom stereocenters. The van der Waals surface area contributed by atoms with E-state index in [1.54, 1.807) is 0 Å². The Morgan fingerprint density at radius 1 is 0.429 bits per heavy atom. The van der Waals surface area contributed by atoms with E-state index in [4.69, 9.17) is 0 Å². The first kappa shape index (κ1) is 30.1. The van der Waals surface area contributed by atoms with Crippen molar-refractivity contribution < 1.29 is 108 Å². The fraction of sp³-hybridized carbons (Fsp3) is 1.00. The number of alkyl halides is 14. The van der Waals surface area contributed by atoms with Gasteiger partial charge < -0.3 is 4.13 Å². The van der Waals surface area contributed by atoms with Crippen molar-refractivity contribution in [2.45, 2.75) is 34.7 Å². The van der Waals surface area contributed by atoms with Gasteiger partial charge in [-0.1, -0.05) is 0 Å². The zero-order chi connectivity index (χ0) is 22.7. The Labute approximate surface area is 166 Å². The van der Waals surface area contributed by atoms with Crippen molar-refractivity contribution in [1.29, 1.82) is 0 Å². The minimum absolute atomic E-state index is 0. The molecule has 164 valence electrons. The molecule has 5 nitrogen and oxygen atoms in total. The van der Waals surface area contributed by atoms with Gasteiger partial charge in [-0.2, -0.15) is 52.7 Å². The molecule has 0 aromatic heterocycles. The molecule has 0 amide bonds. The average Bonchev–Trinajstić information content (AvgIpc) is 2.29. The second kappa shape index (κ2) is 7.54. The SMILES string of the molecule is O=S(=O)([N-]S(=O)(=O)C(F)(C(F)(F)F)C(F)(F)F)C(F)(C(F)(F)F)C(F)(F)F.[Na+]. The molecule has 0 saturated carbocycles. The standard InChI is InChI=1S/C6F14NO4S2.Na/c7-1(3(9,10)11,4(12,13)14)26(22,23)21-27(24,25)2(8,5(15,16)17)6(18,19)20;/q-1;+1. The molecule has 28 heavy (non-hydrogen) atoms. The number of halogens is 14. The first-order valence-electron chi connectivity index (χ1n) is 5.09. The topological polar surface area (TPSA) is 82.4 Å². The Bertz CT molecular complexity index is 681. The van der Waals surface area contributed by atoms with Gasteiger partial charge in [0.25, 0.3) is 0 Å². The van der Waals surface area contributed by atoms with E-state index < -0.39 is 54.8 Å². The van der Waals surface area contributed by atoms with Gasteiger partial charge in [0.2, 0.25) is 0 Å². The number of sulfonamides is 2. The summed E-state index contributed by atoms with van der Waals surface area (Å²) in [5.74, 6) is 0. The molecule has 0 radical (unpaired) electrons. The van der Waals surface area contributed by atoms with E-state index in [9.17, 15) is 78.3 Å². The molecule has 0 bridgehead atoms. The van der Waals surface area contributed by atoms with Gasteiger partial charge in [-0.15, -0.1) is 0 Å². The van der Waals surface area contributed by atoms with Crippen LogP contribution < -0.4 is 29.6 Å². The molecular weight excluding hydrogens is 503 g/mol. The molecule has 0 aliphatic carbocycles. The summed E-state index contributed by atoms with van der Waals surface area (Å²) in [4.78, 5) is 0. The number of rotatable bonds is 4. The quantitative estimate of drug-likeness (QED) is 0.416. The third-order valence-electron chi connectivity index (χ3n) is 2.37. The van der Waals surface area contributed by atoms with Crippen LogP contribution in [0, 0.1) is 0 Å². The zero-order valence-electron chi connectivity index (χ0n) is 12.2. The van der Waals surface area contributed by atoms with Gasteiger partial charge >= 0.3 is 64.3 Å². The maximum atomic E-state index is 13.2. The molecular formula is C6F14NNaO4S2. The van der Waals surface area contributed by atoms with Crippen molar-refractivity contribution in [3.63, 3.8) is 0 Å². The minimum atomic E-state index is -8.52. The van der Waals surface area contributed by atoms with Crippen molar-refractivity contribution >= 4 is 20.0 Å². The molecule has 0 saturated heterocycles. The summed E-state index contributed by atoms with van der Waals surface area (Å²) in [5.41, 5.74) is 0. The van der Waals surface area contributed by atoms with E-state index in [0.717, 1.165) is 0 Å². The van der Waals surface area contributed by atoms with Gasteiger partial charge in [0, 0.05) is 0 Å². The van der Waals surface area contributed by atoms with Crippen LogP contribution >= 0.6 is 0 Å². The van der Waals surface area contributed by atoms with Crippen LogP contribution in [0.1, 0.15) is 0 Å². The van der Waals surface area contributed by atoms with Gasteiger partial charge in [0.05, 0.1) is 0 Å². The Kier molecular flexibility index (Phi) is 8.09. The summed E-state index contributed by atoms with van der Waals surface area (Å²) < 4.78 is 216. The van der Waals surface area contributed by atoms with Gasteiger partial charge in [0.15, 0.2) is 0 Å². The minimum Gasteiger partial charge on any atom is -0.429 e. The molecule has 0 rings (SSSR count). The molecule has 22 heteroatoms. The van der Waals surface area contributed by atoms with Crippen molar-refractivity contribution in [2.24, 2.45) is 0 Å². The second-order valence-electron chi connectivity index (χ2n) is 4.21. The summed E-state index contributed by atoms with van der Waals surface area (Å²) in [6.45, 7) is 0. The number of nitrogens with zero attached hydrogens (tertiary/aromatic N) is 1. The van der Waals surface area contributed by atoms with Crippen molar-refractivity contribution in [2.75, 3.05) is 0 Å². The molecule has 0 N–H and O–H groups in total. The molecule has 0 aliphatic heterocycles. The largest absolute Gasteiger partial charge is 1.00 e. The van der Waals surface area contributed by atoms with Gasteiger partial charge in [-0.25, -0.2) is 25.6 Å².